The molecule has 6 nitrogen and oxygen atoms in total. The van der Waals surface area contributed by atoms with E-state index in [0.717, 1.165) is 11.3 Å². The summed E-state index contributed by atoms with van der Waals surface area (Å²) in [7, 11) is 0. The maximum Gasteiger partial charge on any atom is 0.262 e. The second kappa shape index (κ2) is 7.77. The first kappa shape index (κ1) is 17.6. The van der Waals surface area contributed by atoms with Gasteiger partial charge in [0.05, 0.1) is 5.69 Å². The summed E-state index contributed by atoms with van der Waals surface area (Å²) in [6.07, 6.45) is 3.15. The van der Waals surface area contributed by atoms with Crippen molar-refractivity contribution in [3.8, 4) is 11.4 Å². The van der Waals surface area contributed by atoms with Gasteiger partial charge in [-0.15, -0.1) is 10.2 Å². The molecule has 7 heteroatoms. The van der Waals surface area contributed by atoms with Crippen LogP contribution in [0.4, 0.5) is 10.1 Å². The van der Waals surface area contributed by atoms with Gasteiger partial charge in [-0.3, -0.25) is 9.36 Å². The second-order valence-electron chi connectivity index (χ2n) is 6.09. The van der Waals surface area contributed by atoms with Gasteiger partial charge < -0.3 is 10.1 Å². The number of halogens is 1. The fourth-order valence-corrected chi connectivity index (χ4v) is 2.42. The van der Waals surface area contributed by atoms with Gasteiger partial charge in [0, 0.05) is 5.69 Å². The number of nitrogens with zero attached hydrogens (tertiary/aromatic N) is 3. The molecular weight excluding hydrogens is 335 g/mol. The lowest BCUT2D eigenvalue weighted by atomic mass is 10.0. The first-order valence-corrected chi connectivity index (χ1v) is 8.20. The molecule has 1 aromatic heterocycles. The monoisotopic (exact) mass is 354 g/mol. The lowest BCUT2D eigenvalue weighted by Gasteiger charge is -2.15. The van der Waals surface area contributed by atoms with Gasteiger partial charge in [0.25, 0.3) is 5.91 Å². The minimum absolute atomic E-state index is 0.173. The first-order valence-electron chi connectivity index (χ1n) is 8.20. The molecule has 0 aliphatic heterocycles. The number of benzene rings is 2. The van der Waals surface area contributed by atoms with Crippen molar-refractivity contribution < 1.29 is 13.9 Å². The number of aromatic nitrogens is 3. The van der Waals surface area contributed by atoms with Crippen LogP contribution in [0, 0.1) is 5.82 Å². The third-order valence-electron chi connectivity index (χ3n) is 3.83. The van der Waals surface area contributed by atoms with E-state index in [1.54, 1.807) is 17.2 Å². The van der Waals surface area contributed by atoms with Crippen molar-refractivity contribution in [3.05, 3.63) is 66.5 Å². The van der Waals surface area contributed by atoms with Crippen molar-refractivity contribution in [2.75, 3.05) is 11.9 Å². The van der Waals surface area contributed by atoms with Crippen LogP contribution in [-0.4, -0.2) is 27.3 Å². The number of carbonyl (C=O) groups excluding carboxylic acids is 1. The Balaban J connectivity index is 1.72. The highest BCUT2D eigenvalue weighted by Crippen LogP contribution is 2.27. The first-order chi connectivity index (χ1) is 12.5. The van der Waals surface area contributed by atoms with E-state index in [9.17, 15) is 9.18 Å². The van der Waals surface area contributed by atoms with Gasteiger partial charge in [0.2, 0.25) is 0 Å². The zero-order valence-corrected chi connectivity index (χ0v) is 14.5. The highest BCUT2D eigenvalue weighted by atomic mass is 19.1. The van der Waals surface area contributed by atoms with E-state index < -0.39 is 0 Å². The summed E-state index contributed by atoms with van der Waals surface area (Å²) in [6.45, 7) is 4.03. The van der Waals surface area contributed by atoms with Gasteiger partial charge in [-0.2, -0.15) is 0 Å². The van der Waals surface area contributed by atoms with Crippen LogP contribution in [0.2, 0.25) is 0 Å². The van der Waals surface area contributed by atoms with E-state index in [1.807, 2.05) is 18.2 Å². The average Bonchev–Trinajstić information content (AvgIpc) is 3.16. The van der Waals surface area contributed by atoms with Gasteiger partial charge >= 0.3 is 0 Å². The third kappa shape index (κ3) is 4.24. The molecule has 0 spiro atoms. The standard InChI is InChI=1S/C19H19FN4O2/c1-13(2)14-3-8-18(17(9-14)24-11-21-22-12-24)26-10-19(25)23-16-6-4-15(20)5-7-16/h3-9,11-13H,10H2,1-2H3,(H,23,25). The molecule has 0 radical (unpaired) electrons. The summed E-state index contributed by atoms with van der Waals surface area (Å²) < 4.78 is 20.3. The molecule has 0 unspecified atom stereocenters. The number of ether oxygens (including phenoxy) is 1. The largest absolute Gasteiger partial charge is 0.482 e. The van der Waals surface area contributed by atoms with Crippen LogP contribution in [0.3, 0.4) is 0 Å². The van der Waals surface area contributed by atoms with Crippen LogP contribution < -0.4 is 10.1 Å². The fraction of sp³-hybridized carbons (Fsp3) is 0.211. The molecule has 0 saturated carbocycles. The second-order valence-corrected chi connectivity index (χ2v) is 6.09. The van der Waals surface area contributed by atoms with Crippen molar-refractivity contribution in [1.29, 1.82) is 0 Å². The molecule has 3 rings (SSSR count). The van der Waals surface area contributed by atoms with Crippen LogP contribution in [0.5, 0.6) is 5.75 Å². The Morgan fingerprint density at radius 1 is 1.15 bits per heavy atom. The Bertz CT molecular complexity index is 877. The van der Waals surface area contributed by atoms with Gasteiger partial charge in [0.15, 0.2) is 6.61 Å². The van der Waals surface area contributed by atoms with E-state index >= 15 is 0 Å². The lowest BCUT2D eigenvalue weighted by Crippen LogP contribution is -2.20. The minimum atomic E-state index is -0.358. The van der Waals surface area contributed by atoms with Gasteiger partial charge in [-0.25, -0.2) is 4.39 Å². The van der Waals surface area contributed by atoms with Crippen LogP contribution in [0.15, 0.2) is 55.1 Å². The smallest absolute Gasteiger partial charge is 0.262 e. The molecule has 1 N–H and O–H groups in total. The topological polar surface area (TPSA) is 69.0 Å². The highest BCUT2D eigenvalue weighted by Gasteiger charge is 2.12. The van der Waals surface area contributed by atoms with Crippen molar-refractivity contribution in [2.45, 2.75) is 19.8 Å². The van der Waals surface area contributed by atoms with E-state index in [2.05, 4.69) is 29.4 Å². The fourth-order valence-electron chi connectivity index (χ4n) is 2.42. The summed E-state index contributed by atoms with van der Waals surface area (Å²) in [4.78, 5) is 12.1. The predicted molar refractivity (Wildman–Crippen MR) is 96.0 cm³/mol. The Hall–Kier alpha value is -3.22. The van der Waals surface area contributed by atoms with Crippen LogP contribution >= 0.6 is 0 Å². The summed E-state index contributed by atoms with van der Waals surface area (Å²) in [5.41, 5.74) is 2.40. The number of nitrogens with one attached hydrogen (secondary N) is 1. The van der Waals surface area contributed by atoms with Crippen LogP contribution in [0.25, 0.3) is 5.69 Å². The molecule has 0 aliphatic carbocycles. The average molecular weight is 354 g/mol. The summed E-state index contributed by atoms with van der Waals surface area (Å²) in [6, 6.07) is 11.3. The van der Waals surface area contributed by atoms with Crippen molar-refractivity contribution >= 4 is 11.6 Å². The molecule has 2 aromatic carbocycles. The number of anilines is 1. The van der Waals surface area contributed by atoms with E-state index in [0.29, 0.717) is 17.4 Å². The molecule has 0 saturated heterocycles. The number of rotatable bonds is 6. The van der Waals surface area contributed by atoms with E-state index in [1.165, 1.54) is 24.3 Å². The van der Waals surface area contributed by atoms with Gasteiger partial charge in [0.1, 0.15) is 24.2 Å². The lowest BCUT2D eigenvalue weighted by molar-refractivity contribution is -0.118. The Kier molecular flexibility index (Phi) is 5.26. The molecule has 0 aliphatic rings. The SMILES string of the molecule is CC(C)c1ccc(OCC(=O)Nc2ccc(F)cc2)c(-n2cnnc2)c1. The summed E-state index contributed by atoms with van der Waals surface area (Å²) in [5, 5.41) is 10.3. The van der Waals surface area contributed by atoms with Gasteiger partial charge in [-0.05, 0) is 47.9 Å². The Morgan fingerprint density at radius 2 is 1.85 bits per heavy atom. The predicted octanol–water partition coefficient (Wildman–Crippen LogP) is 3.55. The number of hydrogen-bond donors (Lipinski definition) is 1. The molecule has 3 aromatic rings. The summed E-state index contributed by atoms with van der Waals surface area (Å²) in [5.74, 6) is 0.201. The highest BCUT2D eigenvalue weighted by molar-refractivity contribution is 5.91. The minimum Gasteiger partial charge on any atom is -0.482 e. The Labute approximate surface area is 150 Å². The van der Waals surface area contributed by atoms with Crippen LogP contribution in [-0.2, 0) is 4.79 Å². The maximum atomic E-state index is 12.9. The quantitative estimate of drug-likeness (QED) is 0.735. The number of carbonyl (C=O) groups is 1. The van der Waals surface area contributed by atoms with E-state index in [4.69, 9.17) is 4.74 Å². The molecule has 1 heterocycles. The molecule has 0 fully saturated rings. The number of amides is 1. The normalized spacial score (nSPS) is 10.8. The maximum absolute atomic E-state index is 12.9. The summed E-state index contributed by atoms with van der Waals surface area (Å²) >= 11 is 0. The Morgan fingerprint density at radius 3 is 2.50 bits per heavy atom. The van der Waals surface area contributed by atoms with Gasteiger partial charge in [-0.1, -0.05) is 19.9 Å². The van der Waals surface area contributed by atoms with Crippen LogP contribution in [0.1, 0.15) is 25.3 Å². The van der Waals surface area contributed by atoms with E-state index in [-0.39, 0.29) is 18.3 Å². The zero-order chi connectivity index (χ0) is 18.5. The molecule has 0 atom stereocenters. The molecule has 0 bridgehead atoms. The molecule has 1 amide bonds. The van der Waals surface area contributed by atoms with Crippen molar-refractivity contribution in [1.82, 2.24) is 14.8 Å². The molecule has 134 valence electrons. The third-order valence-corrected chi connectivity index (χ3v) is 3.83. The van der Waals surface area contributed by atoms with Crippen molar-refractivity contribution in [2.24, 2.45) is 0 Å². The number of hydrogen-bond acceptors (Lipinski definition) is 4. The molecule has 26 heavy (non-hydrogen) atoms. The zero-order valence-electron chi connectivity index (χ0n) is 14.5. The van der Waals surface area contributed by atoms with Crippen molar-refractivity contribution in [3.63, 3.8) is 0 Å². The molecular formula is C19H19FN4O2.